The van der Waals surface area contributed by atoms with Crippen molar-refractivity contribution in [2.24, 2.45) is 11.8 Å². The Labute approximate surface area is 208 Å². The molecule has 0 aromatic carbocycles. The van der Waals surface area contributed by atoms with Crippen LogP contribution in [0.1, 0.15) is 52.4 Å². The van der Waals surface area contributed by atoms with Gasteiger partial charge in [0.15, 0.2) is 0 Å². The molecule has 2 unspecified atom stereocenters. The number of hydrogen-bond acceptors (Lipinski definition) is 5. The Bertz CT molecular complexity index is 790. The number of rotatable bonds is 14. The van der Waals surface area contributed by atoms with Crippen molar-refractivity contribution in [1.82, 2.24) is 14.7 Å². The second kappa shape index (κ2) is 11.8. The molecule has 3 aliphatic rings. The van der Waals surface area contributed by atoms with E-state index in [0.717, 1.165) is 32.1 Å². The number of fused-ring (bicyclic) bond motifs is 1. The van der Waals surface area contributed by atoms with E-state index in [1.165, 1.54) is 0 Å². The number of carbonyl (C=O) groups is 3. The van der Waals surface area contributed by atoms with Crippen LogP contribution < -0.4 is 0 Å². The second-order valence-corrected chi connectivity index (χ2v) is 11.3. The summed E-state index contributed by atoms with van der Waals surface area (Å²) in [4.78, 5) is 46.9. The number of aliphatic hydroxyl groups is 1. The number of unbranched alkanes of at least 4 members (excludes halogenated alkanes) is 1. The van der Waals surface area contributed by atoms with Crippen LogP contribution in [-0.4, -0.2) is 92.9 Å². The summed E-state index contributed by atoms with van der Waals surface area (Å²) in [6.45, 7) is 14.2. The third-order valence-electron chi connectivity index (χ3n) is 7.47. The molecule has 3 fully saturated rings. The lowest BCUT2D eigenvalue weighted by Gasteiger charge is -2.37. The minimum Gasteiger partial charge on any atom is -0.396 e. The minimum absolute atomic E-state index is 0.0170. The molecule has 1 spiro atoms. The number of hydrogen-bond donors (Lipinski definition) is 1. The molecular weight excluding hydrogens is 450 g/mol. The molecule has 0 radical (unpaired) electrons. The lowest BCUT2D eigenvalue weighted by Crippen LogP contribution is -2.55. The SMILES string of the molecule is C=CCN(CCCC)C(=O)C1N(CCCO)C(=O)[C@@H]2[C@H](C(=O)N(CC=C)CCC)[C@@H]3CCC12S3. The number of thioether (sulfide) groups is 1. The average Bonchev–Trinajstić information content (AvgIpc) is 3.46. The van der Waals surface area contributed by atoms with Gasteiger partial charge >= 0.3 is 0 Å². The summed E-state index contributed by atoms with van der Waals surface area (Å²) in [5.41, 5.74) is 0. The van der Waals surface area contributed by atoms with Gasteiger partial charge in [-0.3, -0.25) is 14.4 Å². The van der Waals surface area contributed by atoms with E-state index < -0.39 is 22.6 Å². The molecule has 3 heterocycles. The van der Waals surface area contributed by atoms with Crippen molar-refractivity contribution in [3.63, 3.8) is 0 Å². The second-order valence-electron chi connectivity index (χ2n) is 9.66. The number of aliphatic hydroxyl groups excluding tert-OH is 1. The summed E-state index contributed by atoms with van der Waals surface area (Å²) in [6.07, 6.45) is 8.19. The molecule has 2 bridgehead atoms. The molecule has 34 heavy (non-hydrogen) atoms. The van der Waals surface area contributed by atoms with E-state index >= 15 is 0 Å². The quantitative estimate of drug-likeness (QED) is 0.378. The molecule has 3 aliphatic heterocycles. The van der Waals surface area contributed by atoms with Crippen molar-refractivity contribution in [3.8, 4) is 0 Å². The van der Waals surface area contributed by atoms with Crippen molar-refractivity contribution in [1.29, 1.82) is 0 Å². The van der Waals surface area contributed by atoms with Crippen LogP contribution in [-0.2, 0) is 14.4 Å². The van der Waals surface area contributed by atoms with Gasteiger partial charge in [-0.25, -0.2) is 0 Å². The van der Waals surface area contributed by atoms with Crippen molar-refractivity contribution in [3.05, 3.63) is 25.3 Å². The topological polar surface area (TPSA) is 81.2 Å². The number of carbonyl (C=O) groups excluding carboxylic acids is 3. The first-order valence-corrected chi connectivity index (χ1v) is 13.7. The highest BCUT2D eigenvalue weighted by Crippen LogP contribution is 2.66. The van der Waals surface area contributed by atoms with Crippen LogP contribution in [0.5, 0.6) is 0 Å². The zero-order valence-electron chi connectivity index (χ0n) is 20.8. The van der Waals surface area contributed by atoms with Crippen LogP contribution in [0.3, 0.4) is 0 Å². The van der Waals surface area contributed by atoms with E-state index in [1.54, 1.807) is 28.8 Å². The van der Waals surface area contributed by atoms with Crippen molar-refractivity contribution < 1.29 is 19.5 Å². The summed E-state index contributed by atoms with van der Waals surface area (Å²) >= 11 is 1.70. The van der Waals surface area contributed by atoms with Gasteiger partial charge < -0.3 is 19.8 Å². The van der Waals surface area contributed by atoms with Crippen LogP contribution in [0.2, 0.25) is 0 Å². The molecule has 1 N–H and O–H groups in total. The van der Waals surface area contributed by atoms with Crippen LogP contribution in [0.4, 0.5) is 0 Å². The molecule has 7 nitrogen and oxygen atoms in total. The van der Waals surface area contributed by atoms with E-state index in [4.69, 9.17) is 0 Å². The molecule has 3 rings (SSSR count). The number of nitrogens with zero attached hydrogens (tertiary/aromatic N) is 3. The molecule has 8 heteroatoms. The Balaban J connectivity index is 1.99. The fraction of sp³-hybridized carbons (Fsp3) is 0.731. The van der Waals surface area contributed by atoms with Gasteiger partial charge in [0.05, 0.1) is 16.6 Å². The molecule has 5 atom stereocenters. The maximum Gasteiger partial charge on any atom is 0.247 e. The first-order valence-electron chi connectivity index (χ1n) is 12.8. The van der Waals surface area contributed by atoms with Gasteiger partial charge in [0, 0.05) is 44.6 Å². The highest BCUT2D eigenvalue weighted by Gasteiger charge is 2.73. The van der Waals surface area contributed by atoms with Gasteiger partial charge in [0.2, 0.25) is 17.7 Å². The first kappa shape index (κ1) is 26.8. The fourth-order valence-electron chi connectivity index (χ4n) is 6.09. The standard InChI is InChI=1S/C26H41N3O4S/c1-5-9-16-28(15-8-4)25(33)22-26-12-11-19(34-26)20(23(31)27(13-6-2)14-7-3)21(26)24(32)29(22)17-10-18-30/h6,8,19-22,30H,2,4-5,7,9-18H2,1,3H3/t19-,20+,21-,22?,26?/m0/s1. The van der Waals surface area contributed by atoms with Gasteiger partial charge in [-0.2, -0.15) is 0 Å². The third-order valence-corrected chi connectivity index (χ3v) is 9.43. The summed E-state index contributed by atoms with van der Waals surface area (Å²) < 4.78 is -0.577. The van der Waals surface area contributed by atoms with E-state index in [1.807, 2.05) is 16.7 Å². The summed E-state index contributed by atoms with van der Waals surface area (Å²) in [7, 11) is 0. The van der Waals surface area contributed by atoms with Crippen LogP contribution in [0.15, 0.2) is 25.3 Å². The molecule has 3 saturated heterocycles. The fourth-order valence-corrected chi connectivity index (χ4v) is 8.30. The van der Waals surface area contributed by atoms with Crippen molar-refractivity contribution in [2.75, 3.05) is 39.3 Å². The molecule has 3 amide bonds. The Kier molecular flexibility index (Phi) is 9.27. The van der Waals surface area contributed by atoms with Crippen LogP contribution in [0.25, 0.3) is 0 Å². The predicted octanol–water partition coefficient (Wildman–Crippen LogP) is 2.70. The Morgan fingerprint density at radius 3 is 2.38 bits per heavy atom. The molecule has 0 aromatic rings. The summed E-state index contributed by atoms with van der Waals surface area (Å²) in [6, 6.07) is -0.597. The molecule has 0 aromatic heterocycles. The number of likely N-dealkylation sites (tertiary alicyclic amines) is 1. The largest absolute Gasteiger partial charge is 0.396 e. The lowest BCUT2D eigenvalue weighted by molar-refractivity contribution is -0.144. The smallest absolute Gasteiger partial charge is 0.247 e. The number of amides is 3. The third kappa shape index (κ3) is 4.68. The van der Waals surface area contributed by atoms with E-state index in [0.29, 0.717) is 39.1 Å². The average molecular weight is 492 g/mol. The van der Waals surface area contributed by atoms with Gasteiger partial charge in [-0.05, 0) is 32.1 Å². The minimum atomic E-state index is -0.597. The van der Waals surface area contributed by atoms with Crippen molar-refractivity contribution >= 4 is 29.5 Å². The maximum absolute atomic E-state index is 14.0. The van der Waals surface area contributed by atoms with Gasteiger partial charge in [-0.1, -0.05) is 32.4 Å². The summed E-state index contributed by atoms with van der Waals surface area (Å²) in [5.74, 6) is -1.01. The van der Waals surface area contributed by atoms with Crippen molar-refractivity contribution in [2.45, 2.75) is 68.4 Å². The Hall–Kier alpha value is -1.80. The highest BCUT2D eigenvalue weighted by atomic mass is 32.2. The molecule has 0 saturated carbocycles. The summed E-state index contributed by atoms with van der Waals surface area (Å²) in [5, 5.41) is 9.55. The first-order chi connectivity index (χ1) is 16.4. The lowest BCUT2D eigenvalue weighted by atomic mass is 9.70. The zero-order valence-corrected chi connectivity index (χ0v) is 21.6. The van der Waals surface area contributed by atoms with E-state index in [-0.39, 0.29) is 29.6 Å². The molecule has 190 valence electrons. The van der Waals surface area contributed by atoms with E-state index in [2.05, 4.69) is 20.1 Å². The zero-order chi connectivity index (χ0) is 24.9. The van der Waals surface area contributed by atoms with Gasteiger partial charge in [-0.15, -0.1) is 24.9 Å². The van der Waals surface area contributed by atoms with Gasteiger partial charge in [0.25, 0.3) is 0 Å². The van der Waals surface area contributed by atoms with E-state index in [9.17, 15) is 19.5 Å². The van der Waals surface area contributed by atoms with Gasteiger partial charge in [0.1, 0.15) is 6.04 Å². The highest BCUT2D eigenvalue weighted by molar-refractivity contribution is 8.02. The maximum atomic E-state index is 14.0. The van der Waals surface area contributed by atoms with Crippen LogP contribution >= 0.6 is 11.8 Å². The molecule has 0 aliphatic carbocycles. The molecular formula is C26H41N3O4S. The normalized spacial score (nSPS) is 29.3. The Morgan fingerprint density at radius 1 is 1.12 bits per heavy atom. The monoisotopic (exact) mass is 491 g/mol. The Morgan fingerprint density at radius 2 is 1.79 bits per heavy atom. The predicted molar refractivity (Wildman–Crippen MR) is 136 cm³/mol. The van der Waals surface area contributed by atoms with Crippen LogP contribution in [0, 0.1) is 11.8 Å².